The molecule has 1 aromatic heterocycles. The number of imidazole rings is 1. The van der Waals surface area contributed by atoms with Crippen molar-refractivity contribution in [1.29, 1.82) is 0 Å². The molecule has 0 saturated carbocycles. The lowest BCUT2D eigenvalue weighted by atomic mass is 9.93. The summed E-state index contributed by atoms with van der Waals surface area (Å²) in [6.07, 6.45) is 3.77. The largest absolute Gasteiger partial charge is 0.494 e. The summed E-state index contributed by atoms with van der Waals surface area (Å²) < 4.78 is 13.5. The molecular formula is C26H31N3O3. The van der Waals surface area contributed by atoms with E-state index in [1.54, 1.807) is 0 Å². The Balaban J connectivity index is 1.84. The summed E-state index contributed by atoms with van der Waals surface area (Å²) in [5, 5.41) is 3.43. The van der Waals surface area contributed by atoms with Crippen LogP contribution in [-0.4, -0.2) is 28.7 Å². The number of fused-ring (bicyclic) bond motifs is 3. The Morgan fingerprint density at radius 2 is 1.84 bits per heavy atom. The second kappa shape index (κ2) is 9.90. The van der Waals surface area contributed by atoms with E-state index in [2.05, 4.69) is 23.7 Å². The average Bonchev–Trinajstić information content (AvgIpc) is 3.17. The highest BCUT2D eigenvalue weighted by atomic mass is 16.5. The van der Waals surface area contributed by atoms with Crippen molar-refractivity contribution in [3.8, 4) is 5.75 Å². The molecule has 1 aliphatic heterocycles. The Kier molecular flexibility index (Phi) is 6.78. The molecule has 2 heterocycles. The molecule has 32 heavy (non-hydrogen) atoms. The maximum Gasteiger partial charge on any atom is 0.338 e. The van der Waals surface area contributed by atoms with Crippen LogP contribution in [0.15, 0.2) is 59.8 Å². The first-order valence-corrected chi connectivity index (χ1v) is 11.5. The van der Waals surface area contributed by atoms with Crippen LogP contribution >= 0.6 is 0 Å². The molecule has 1 aliphatic rings. The molecule has 0 fully saturated rings. The lowest BCUT2D eigenvalue weighted by Crippen LogP contribution is -2.29. The molecule has 0 bridgehead atoms. The molecule has 168 valence electrons. The van der Waals surface area contributed by atoms with Gasteiger partial charge < -0.3 is 14.8 Å². The van der Waals surface area contributed by atoms with Crippen molar-refractivity contribution in [2.24, 2.45) is 0 Å². The van der Waals surface area contributed by atoms with E-state index in [9.17, 15) is 4.79 Å². The number of aromatic nitrogens is 2. The fraction of sp³-hybridized carbons (Fsp3) is 0.385. The number of anilines is 1. The summed E-state index contributed by atoms with van der Waals surface area (Å²) >= 11 is 0. The van der Waals surface area contributed by atoms with E-state index in [0.29, 0.717) is 18.8 Å². The average molecular weight is 434 g/mol. The molecule has 0 aliphatic carbocycles. The van der Waals surface area contributed by atoms with Gasteiger partial charge in [0, 0.05) is 5.70 Å². The van der Waals surface area contributed by atoms with Crippen LogP contribution in [0, 0.1) is 0 Å². The van der Waals surface area contributed by atoms with Gasteiger partial charge in [0.15, 0.2) is 0 Å². The van der Waals surface area contributed by atoms with Crippen molar-refractivity contribution >= 4 is 23.0 Å². The van der Waals surface area contributed by atoms with Gasteiger partial charge in [0.2, 0.25) is 5.95 Å². The number of nitrogens with zero attached hydrogens (tertiary/aromatic N) is 2. The zero-order valence-electron chi connectivity index (χ0n) is 19.1. The highest BCUT2D eigenvalue weighted by molar-refractivity contribution is 5.94. The van der Waals surface area contributed by atoms with Crippen molar-refractivity contribution in [2.45, 2.75) is 52.5 Å². The lowest BCUT2D eigenvalue weighted by molar-refractivity contribution is -0.139. The van der Waals surface area contributed by atoms with Gasteiger partial charge in [-0.3, -0.25) is 4.57 Å². The van der Waals surface area contributed by atoms with Gasteiger partial charge in [-0.1, -0.05) is 51.0 Å². The van der Waals surface area contributed by atoms with E-state index >= 15 is 0 Å². The third kappa shape index (κ3) is 4.22. The first kappa shape index (κ1) is 21.9. The van der Waals surface area contributed by atoms with Gasteiger partial charge in [0.25, 0.3) is 0 Å². The van der Waals surface area contributed by atoms with Crippen LogP contribution < -0.4 is 10.1 Å². The lowest BCUT2D eigenvalue weighted by Gasteiger charge is -2.31. The molecule has 0 radical (unpaired) electrons. The zero-order chi connectivity index (χ0) is 22.5. The summed E-state index contributed by atoms with van der Waals surface area (Å²) in [5.41, 5.74) is 4.38. The molecule has 1 N–H and O–H groups in total. The number of hydrogen-bond acceptors (Lipinski definition) is 5. The number of carbonyl (C=O) groups is 1. The smallest absolute Gasteiger partial charge is 0.338 e. The Hall–Kier alpha value is -3.28. The fourth-order valence-corrected chi connectivity index (χ4v) is 4.18. The van der Waals surface area contributed by atoms with Crippen LogP contribution in [0.2, 0.25) is 0 Å². The minimum absolute atomic E-state index is 0.292. The summed E-state index contributed by atoms with van der Waals surface area (Å²) in [6, 6.07) is 15.7. The molecule has 3 aromatic rings. The van der Waals surface area contributed by atoms with E-state index in [0.717, 1.165) is 59.7 Å². The number of para-hydroxylation sites is 2. The number of benzene rings is 2. The van der Waals surface area contributed by atoms with E-state index < -0.39 is 0 Å². The molecule has 2 aromatic carbocycles. The van der Waals surface area contributed by atoms with Gasteiger partial charge in [-0.25, -0.2) is 9.78 Å². The standard InChI is InChI=1S/C26H31N3O3/c1-4-7-17-32-19-15-13-18(14-16-19)24-23(25(30)31-6-3)21(10-5-2)28-26-27-20-11-8-9-12-22(20)29(24)26/h8-9,11-16,24H,4-7,10,17H2,1-3H3,(H,27,28). The Labute approximate surface area is 189 Å². The monoisotopic (exact) mass is 433 g/mol. The van der Waals surface area contributed by atoms with Crippen LogP contribution in [0.4, 0.5) is 5.95 Å². The van der Waals surface area contributed by atoms with Crippen LogP contribution in [0.25, 0.3) is 11.0 Å². The number of nitrogens with one attached hydrogen (secondary N) is 1. The predicted molar refractivity (Wildman–Crippen MR) is 127 cm³/mol. The molecule has 0 saturated heterocycles. The SMILES string of the molecule is CCCCOc1ccc(C2C(C(=O)OCC)=C(CCC)Nc3nc4ccccc4n32)cc1. The Morgan fingerprint density at radius 1 is 1.06 bits per heavy atom. The molecule has 1 atom stereocenters. The molecule has 6 nitrogen and oxygen atoms in total. The maximum atomic E-state index is 13.2. The van der Waals surface area contributed by atoms with Crippen LogP contribution in [0.1, 0.15) is 58.1 Å². The van der Waals surface area contributed by atoms with Gasteiger partial charge in [-0.2, -0.15) is 0 Å². The van der Waals surface area contributed by atoms with E-state index in [1.807, 2.05) is 55.5 Å². The van der Waals surface area contributed by atoms with E-state index in [1.165, 1.54) is 0 Å². The topological polar surface area (TPSA) is 65.4 Å². The first-order chi connectivity index (χ1) is 15.7. The number of ether oxygens (including phenoxy) is 2. The van der Waals surface area contributed by atoms with E-state index in [-0.39, 0.29) is 12.0 Å². The van der Waals surface area contributed by atoms with E-state index in [4.69, 9.17) is 14.5 Å². The van der Waals surface area contributed by atoms with Crippen LogP contribution in [-0.2, 0) is 9.53 Å². The Bertz CT molecular complexity index is 1120. The van der Waals surface area contributed by atoms with Crippen molar-refractivity contribution in [1.82, 2.24) is 9.55 Å². The number of esters is 1. The Morgan fingerprint density at radius 3 is 2.56 bits per heavy atom. The van der Waals surface area contributed by atoms with Gasteiger partial charge >= 0.3 is 5.97 Å². The fourth-order valence-electron chi connectivity index (χ4n) is 4.18. The van der Waals surface area contributed by atoms with Crippen molar-refractivity contribution in [3.05, 3.63) is 65.4 Å². The molecular weight excluding hydrogens is 402 g/mol. The van der Waals surface area contributed by atoms with Gasteiger partial charge in [0.1, 0.15) is 5.75 Å². The molecule has 4 rings (SSSR count). The zero-order valence-corrected chi connectivity index (χ0v) is 19.1. The van der Waals surface area contributed by atoms with Crippen molar-refractivity contribution in [3.63, 3.8) is 0 Å². The highest BCUT2D eigenvalue weighted by Gasteiger charge is 2.35. The van der Waals surface area contributed by atoms with Crippen molar-refractivity contribution in [2.75, 3.05) is 18.5 Å². The molecule has 6 heteroatoms. The predicted octanol–water partition coefficient (Wildman–Crippen LogP) is 5.85. The maximum absolute atomic E-state index is 13.2. The summed E-state index contributed by atoms with van der Waals surface area (Å²) in [7, 11) is 0. The molecule has 1 unspecified atom stereocenters. The number of rotatable bonds is 9. The van der Waals surface area contributed by atoms with Gasteiger partial charge in [-0.05, 0) is 49.6 Å². The highest BCUT2D eigenvalue weighted by Crippen LogP contribution is 2.41. The number of hydrogen-bond donors (Lipinski definition) is 1. The summed E-state index contributed by atoms with van der Waals surface area (Å²) in [4.78, 5) is 18.0. The number of allylic oxidation sites excluding steroid dienone is 1. The van der Waals surface area contributed by atoms with Crippen molar-refractivity contribution < 1.29 is 14.3 Å². The second-order valence-electron chi connectivity index (χ2n) is 7.96. The molecule has 0 spiro atoms. The third-order valence-electron chi connectivity index (χ3n) is 5.67. The van der Waals surface area contributed by atoms with Crippen LogP contribution in [0.3, 0.4) is 0 Å². The second-order valence-corrected chi connectivity index (χ2v) is 7.96. The summed E-state index contributed by atoms with van der Waals surface area (Å²) in [6.45, 7) is 7.12. The first-order valence-electron chi connectivity index (χ1n) is 11.5. The van der Waals surface area contributed by atoms with Gasteiger partial charge in [0.05, 0.1) is 35.9 Å². The minimum Gasteiger partial charge on any atom is -0.494 e. The quantitative estimate of drug-likeness (QED) is 0.339. The third-order valence-corrected chi connectivity index (χ3v) is 5.67. The number of carbonyl (C=O) groups excluding carboxylic acids is 1. The summed E-state index contributed by atoms with van der Waals surface area (Å²) in [5.74, 6) is 1.29. The van der Waals surface area contributed by atoms with Gasteiger partial charge in [-0.15, -0.1) is 0 Å². The molecule has 0 amide bonds. The normalized spacial score (nSPS) is 15.4. The minimum atomic E-state index is -0.330. The number of unbranched alkanes of at least 4 members (excludes halogenated alkanes) is 1. The van der Waals surface area contributed by atoms with Crippen LogP contribution in [0.5, 0.6) is 5.75 Å².